The molecular formula is C21H26N2O2. The molecule has 0 aliphatic heterocycles. The molecule has 1 aliphatic rings. The van der Waals surface area contributed by atoms with Gasteiger partial charge in [-0.3, -0.25) is 4.79 Å². The Kier molecular flexibility index (Phi) is 5.59. The maximum absolute atomic E-state index is 12.9. The van der Waals surface area contributed by atoms with Gasteiger partial charge in [-0.2, -0.15) is 0 Å². The topological polar surface area (TPSA) is 43.3 Å². The van der Waals surface area contributed by atoms with Crippen LogP contribution in [0.15, 0.2) is 49.6 Å². The molecule has 0 saturated heterocycles. The van der Waals surface area contributed by atoms with Crippen LogP contribution in [0, 0.1) is 0 Å². The summed E-state index contributed by atoms with van der Waals surface area (Å²) in [5.41, 5.74) is 1.64. The monoisotopic (exact) mass is 338 g/mol. The van der Waals surface area contributed by atoms with E-state index in [4.69, 9.17) is 4.74 Å². The van der Waals surface area contributed by atoms with Crippen LogP contribution in [0.5, 0.6) is 5.75 Å². The minimum absolute atomic E-state index is 0.0142. The molecule has 0 radical (unpaired) electrons. The van der Waals surface area contributed by atoms with Crippen LogP contribution in [0.2, 0.25) is 0 Å². The molecule has 1 saturated carbocycles. The number of allylic oxidation sites excluding steroid dienone is 1. The number of carbonyl (C=O) groups excluding carboxylic acids is 1. The first-order valence-electron chi connectivity index (χ1n) is 9.02. The molecule has 0 spiro atoms. The first-order chi connectivity index (χ1) is 12.2. The molecule has 3 rings (SSSR count). The summed E-state index contributed by atoms with van der Waals surface area (Å²) in [7, 11) is 0. The highest BCUT2D eigenvalue weighted by Crippen LogP contribution is 2.29. The van der Waals surface area contributed by atoms with Crippen molar-refractivity contribution in [2.24, 2.45) is 0 Å². The van der Waals surface area contributed by atoms with E-state index in [0.29, 0.717) is 18.8 Å². The number of nitrogens with one attached hydrogen (secondary N) is 1. The molecule has 25 heavy (non-hydrogen) atoms. The zero-order chi connectivity index (χ0) is 17.6. The van der Waals surface area contributed by atoms with Gasteiger partial charge in [-0.1, -0.05) is 44.1 Å². The Hall–Kier alpha value is -2.49. The number of carbonyl (C=O) groups is 1. The third-order valence-corrected chi connectivity index (χ3v) is 4.75. The third kappa shape index (κ3) is 3.78. The quantitative estimate of drug-likeness (QED) is 0.758. The minimum Gasteiger partial charge on any atom is -0.489 e. The Morgan fingerprint density at radius 2 is 2.04 bits per heavy atom. The molecule has 1 aromatic heterocycles. The van der Waals surface area contributed by atoms with Crippen LogP contribution >= 0.6 is 0 Å². The molecule has 1 heterocycles. The molecule has 0 unspecified atom stereocenters. The molecule has 4 nitrogen and oxygen atoms in total. The van der Waals surface area contributed by atoms with Crippen LogP contribution in [0.25, 0.3) is 10.9 Å². The predicted molar refractivity (Wildman–Crippen MR) is 102 cm³/mol. The first-order valence-corrected chi connectivity index (χ1v) is 9.02. The molecule has 1 aromatic carbocycles. The van der Waals surface area contributed by atoms with Gasteiger partial charge in [0.05, 0.1) is 5.52 Å². The number of fused-ring (bicyclic) bond motifs is 1. The Balaban J connectivity index is 1.94. The average Bonchev–Trinajstić information content (AvgIpc) is 3.00. The number of ether oxygens (including phenoxy) is 1. The summed E-state index contributed by atoms with van der Waals surface area (Å²) in [5, 5.41) is 4.15. The fraction of sp³-hybridized carbons (Fsp3) is 0.381. The summed E-state index contributed by atoms with van der Waals surface area (Å²) in [4.78, 5) is 12.9. The number of aromatic nitrogens is 1. The van der Waals surface area contributed by atoms with E-state index in [1.54, 1.807) is 6.08 Å². The van der Waals surface area contributed by atoms with Gasteiger partial charge in [0.1, 0.15) is 18.1 Å². The molecule has 0 atom stereocenters. The van der Waals surface area contributed by atoms with Gasteiger partial charge in [-0.25, -0.2) is 0 Å². The van der Waals surface area contributed by atoms with E-state index in [-0.39, 0.29) is 11.9 Å². The van der Waals surface area contributed by atoms with E-state index in [9.17, 15) is 4.79 Å². The minimum atomic E-state index is -0.0142. The highest BCUT2D eigenvalue weighted by Gasteiger charge is 2.21. The van der Waals surface area contributed by atoms with E-state index in [1.807, 2.05) is 34.9 Å². The molecule has 4 heteroatoms. The average molecular weight is 338 g/mol. The van der Waals surface area contributed by atoms with Gasteiger partial charge in [-0.15, -0.1) is 6.58 Å². The fourth-order valence-corrected chi connectivity index (χ4v) is 3.55. The standard InChI is InChI=1S/C21H26N2O2/c1-3-13-23-18-11-8-12-20(25-14-4-2)17(18)15-19(23)21(24)22-16-9-6-5-7-10-16/h3-4,8,11-12,15-16H,1-2,5-7,9-10,13-14H2,(H,22,24). The van der Waals surface area contributed by atoms with Crippen LogP contribution in [0.1, 0.15) is 42.6 Å². The molecule has 1 fully saturated rings. The zero-order valence-electron chi connectivity index (χ0n) is 14.7. The van der Waals surface area contributed by atoms with Crippen molar-refractivity contribution in [3.63, 3.8) is 0 Å². The summed E-state index contributed by atoms with van der Waals surface area (Å²) in [6.07, 6.45) is 9.33. The Bertz CT molecular complexity index is 770. The summed E-state index contributed by atoms with van der Waals surface area (Å²) in [6.45, 7) is 8.55. The molecule has 2 aromatic rings. The van der Waals surface area contributed by atoms with Crippen LogP contribution in [-0.2, 0) is 6.54 Å². The van der Waals surface area contributed by atoms with Crippen molar-refractivity contribution in [1.82, 2.24) is 9.88 Å². The van der Waals surface area contributed by atoms with Crippen LogP contribution in [-0.4, -0.2) is 23.1 Å². The van der Waals surface area contributed by atoms with Crippen LogP contribution < -0.4 is 10.1 Å². The summed E-state index contributed by atoms with van der Waals surface area (Å²) < 4.78 is 7.76. The van der Waals surface area contributed by atoms with Gasteiger partial charge in [0.2, 0.25) is 0 Å². The van der Waals surface area contributed by atoms with Gasteiger partial charge in [0.25, 0.3) is 5.91 Å². The van der Waals surface area contributed by atoms with E-state index < -0.39 is 0 Å². The van der Waals surface area contributed by atoms with E-state index >= 15 is 0 Å². The number of hydrogen-bond acceptors (Lipinski definition) is 2. The summed E-state index contributed by atoms with van der Waals surface area (Å²) >= 11 is 0. The van der Waals surface area contributed by atoms with Gasteiger partial charge >= 0.3 is 0 Å². The van der Waals surface area contributed by atoms with Gasteiger partial charge < -0.3 is 14.6 Å². The predicted octanol–water partition coefficient (Wildman–Crippen LogP) is 4.45. The highest BCUT2D eigenvalue weighted by molar-refractivity contribution is 6.00. The maximum Gasteiger partial charge on any atom is 0.268 e. The van der Waals surface area contributed by atoms with Crippen molar-refractivity contribution in [1.29, 1.82) is 0 Å². The second-order valence-electron chi connectivity index (χ2n) is 6.53. The molecule has 0 bridgehead atoms. The molecule has 1 N–H and O–H groups in total. The Labute approximate surface area is 149 Å². The van der Waals surface area contributed by atoms with Crippen molar-refractivity contribution >= 4 is 16.8 Å². The second kappa shape index (κ2) is 8.06. The van der Waals surface area contributed by atoms with Gasteiger partial charge in [0, 0.05) is 18.0 Å². The van der Waals surface area contributed by atoms with Crippen molar-refractivity contribution in [3.05, 3.63) is 55.3 Å². The summed E-state index contributed by atoms with van der Waals surface area (Å²) in [6, 6.07) is 8.09. The second-order valence-corrected chi connectivity index (χ2v) is 6.53. The number of nitrogens with zero attached hydrogens (tertiary/aromatic N) is 1. The normalized spacial score (nSPS) is 15.0. The van der Waals surface area contributed by atoms with Crippen molar-refractivity contribution in [2.45, 2.75) is 44.7 Å². The molecule has 1 amide bonds. The SMILES string of the molecule is C=CCOc1cccc2c1cc(C(=O)NC1CCCCC1)n2CC=C. The molecular weight excluding hydrogens is 312 g/mol. The smallest absolute Gasteiger partial charge is 0.268 e. The lowest BCUT2D eigenvalue weighted by Crippen LogP contribution is -2.37. The van der Waals surface area contributed by atoms with Gasteiger partial charge in [0.15, 0.2) is 0 Å². The Morgan fingerprint density at radius 3 is 2.76 bits per heavy atom. The zero-order valence-corrected chi connectivity index (χ0v) is 14.7. The van der Waals surface area contributed by atoms with E-state index in [2.05, 4.69) is 18.5 Å². The summed E-state index contributed by atoms with van der Waals surface area (Å²) in [5.74, 6) is 0.756. The van der Waals surface area contributed by atoms with Crippen LogP contribution in [0.3, 0.4) is 0 Å². The third-order valence-electron chi connectivity index (χ3n) is 4.75. The van der Waals surface area contributed by atoms with Gasteiger partial charge in [-0.05, 0) is 31.0 Å². The van der Waals surface area contributed by atoms with E-state index in [1.165, 1.54) is 19.3 Å². The van der Waals surface area contributed by atoms with Crippen molar-refractivity contribution in [2.75, 3.05) is 6.61 Å². The van der Waals surface area contributed by atoms with Crippen LogP contribution in [0.4, 0.5) is 0 Å². The van der Waals surface area contributed by atoms with E-state index in [0.717, 1.165) is 29.5 Å². The molecule has 1 aliphatic carbocycles. The largest absolute Gasteiger partial charge is 0.489 e. The maximum atomic E-state index is 12.9. The fourth-order valence-electron chi connectivity index (χ4n) is 3.55. The number of hydrogen-bond donors (Lipinski definition) is 1. The lowest BCUT2D eigenvalue weighted by atomic mass is 9.95. The molecule has 132 valence electrons. The number of benzene rings is 1. The van der Waals surface area contributed by atoms with Crippen molar-refractivity contribution < 1.29 is 9.53 Å². The lowest BCUT2D eigenvalue weighted by Gasteiger charge is -2.23. The number of rotatable bonds is 7. The highest BCUT2D eigenvalue weighted by atomic mass is 16.5. The first kappa shape index (κ1) is 17.3. The Morgan fingerprint density at radius 1 is 1.24 bits per heavy atom. The lowest BCUT2D eigenvalue weighted by molar-refractivity contribution is 0.0919. The number of amides is 1. The van der Waals surface area contributed by atoms with Crippen molar-refractivity contribution in [3.8, 4) is 5.75 Å².